The summed E-state index contributed by atoms with van der Waals surface area (Å²) in [7, 11) is -3.39. The standard InChI is InChI=1S/C16H26N2O2S/c1-3-11-17-12-14-7-9-16(10-8-14)21(19,20)18-13(2)15-5-4-6-15/h7-10,13,15,17-18H,3-6,11-12H2,1-2H3. The van der Waals surface area contributed by atoms with E-state index in [0.29, 0.717) is 10.8 Å². The Morgan fingerprint density at radius 2 is 1.90 bits per heavy atom. The summed E-state index contributed by atoms with van der Waals surface area (Å²) in [6, 6.07) is 7.17. The largest absolute Gasteiger partial charge is 0.313 e. The van der Waals surface area contributed by atoms with Crippen LogP contribution in [0.5, 0.6) is 0 Å². The van der Waals surface area contributed by atoms with Crippen molar-refractivity contribution in [1.82, 2.24) is 10.0 Å². The fraction of sp³-hybridized carbons (Fsp3) is 0.625. The Hall–Kier alpha value is -0.910. The zero-order valence-electron chi connectivity index (χ0n) is 12.9. The molecule has 1 fully saturated rings. The van der Waals surface area contributed by atoms with Gasteiger partial charge < -0.3 is 5.32 Å². The molecule has 2 rings (SSSR count). The van der Waals surface area contributed by atoms with Crippen molar-refractivity contribution in [2.24, 2.45) is 5.92 Å². The number of benzene rings is 1. The van der Waals surface area contributed by atoms with Crippen LogP contribution in [-0.4, -0.2) is 21.0 Å². The Labute approximate surface area is 128 Å². The van der Waals surface area contributed by atoms with Crippen LogP contribution in [0, 0.1) is 5.92 Å². The van der Waals surface area contributed by atoms with E-state index in [4.69, 9.17) is 0 Å². The van der Waals surface area contributed by atoms with Gasteiger partial charge in [-0.2, -0.15) is 0 Å². The molecule has 1 atom stereocenters. The molecular weight excluding hydrogens is 284 g/mol. The molecule has 0 heterocycles. The minimum Gasteiger partial charge on any atom is -0.313 e. The van der Waals surface area contributed by atoms with E-state index in [1.165, 1.54) is 6.42 Å². The summed E-state index contributed by atoms with van der Waals surface area (Å²) in [5.41, 5.74) is 1.11. The molecule has 0 aliphatic heterocycles. The molecule has 0 spiro atoms. The molecule has 118 valence electrons. The molecule has 1 saturated carbocycles. The third kappa shape index (κ3) is 4.53. The van der Waals surface area contributed by atoms with E-state index in [9.17, 15) is 8.42 Å². The Balaban J connectivity index is 1.95. The Bertz CT molecular complexity index is 536. The lowest BCUT2D eigenvalue weighted by Gasteiger charge is -2.31. The Morgan fingerprint density at radius 3 is 2.43 bits per heavy atom. The second-order valence-electron chi connectivity index (χ2n) is 5.92. The molecule has 1 aliphatic carbocycles. The van der Waals surface area contributed by atoms with E-state index in [0.717, 1.165) is 37.9 Å². The van der Waals surface area contributed by atoms with Crippen LogP contribution in [0.15, 0.2) is 29.2 Å². The van der Waals surface area contributed by atoms with Crippen molar-refractivity contribution in [3.05, 3.63) is 29.8 Å². The highest BCUT2D eigenvalue weighted by atomic mass is 32.2. The third-order valence-electron chi connectivity index (χ3n) is 4.19. The molecule has 1 unspecified atom stereocenters. The van der Waals surface area contributed by atoms with Gasteiger partial charge in [0, 0.05) is 12.6 Å². The first-order valence-electron chi connectivity index (χ1n) is 7.85. The van der Waals surface area contributed by atoms with Crippen LogP contribution >= 0.6 is 0 Å². The van der Waals surface area contributed by atoms with Crippen LogP contribution in [-0.2, 0) is 16.6 Å². The van der Waals surface area contributed by atoms with Crippen LogP contribution in [0.25, 0.3) is 0 Å². The summed E-state index contributed by atoms with van der Waals surface area (Å²) in [6.45, 7) is 5.84. The number of rotatable bonds is 8. The SMILES string of the molecule is CCCNCc1ccc(S(=O)(=O)NC(C)C2CCC2)cc1. The lowest BCUT2D eigenvalue weighted by molar-refractivity contribution is 0.260. The number of nitrogens with one attached hydrogen (secondary N) is 2. The number of hydrogen-bond acceptors (Lipinski definition) is 3. The maximum atomic E-state index is 12.3. The van der Waals surface area contributed by atoms with Gasteiger partial charge in [-0.15, -0.1) is 0 Å². The van der Waals surface area contributed by atoms with Crippen molar-refractivity contribution >= 4 is 10.0 Å². The minimum absolute atomic E-state index is 0.0228. The van der Waals surface area contributed by atoms with E-state index >= 15 is 0 Å². The summed E-state index contributed by atoms with van der Waals surface area (Å²) in [6.07, 6.45) is 4.57. The highest BCUT2D eigenvalue weighted by Crippen LogP contribution is 2.30. The summed E-state index contributed by atoms with van der Waals surface area (Å²) in [4.78, 5) is 0.355. The predicted molar refractivity (Wildman–Crippen MR) is 85.6 cm³/mol. The molecule has 2 N–H and O–H groups in total. The monoisotopic (exact) mass is 310 g/mol. The van der Waals surface area contributed by atoms with Gasteiger partial charge >= 0.3 is 0 Å². The summed E-state index contributed by atoms with van der Waals surface area (Å²) < 4.78 is 27.5. The molecule has 1 aliphatic rings. The molecule has 21 heavy (non-hydrogen) atoms. The van der Waals surface area contributed by atoms with Gasteiger partial charge in [-0.3, -0.25) is 0 Å². The fourth-order valence-corrected chi connectivity index (χ4v) is 3.86. The number of hydrogen-bond donors (Lipinski definition) is 2. The topological polar surface area (TPSA) is 58.2 Å². The molecule has 4 nitrogen and oxygen atoms in total. The predicted octanol–water partition coefficient (Wildman–Crippen LogP) is 2.65. The normalized spacial score (nSPS) is 17.4. The summed E-state index contributed by atoms with van der Waals surface area (Å²) in [5, 5.41) is 3.31. The quantitative estimate of drug-likeness (QED) is 0.726. The summed E-state index contributed by atoms with van der Waals surface area (Å²) in [5.74, 6) is 0.497. The molecular formula is C16H26N2O2S. The van der Waals surface area contributed by atoms with Crippen molar-refractivity contribution < 1.29 is 8.42 Å². The van der Waals surface area contributed by atoms with Crippen molar-refractivity contribution in [3.63, 3.8) is 0 Å². The van der Waals surface area contributed by atoms with Crippen LogP contribution in [0.2, 0.25) is 0 Å². The van der Waals surface area contributed by atoms with E-state index in [2.05, 4.69) is 17.0 Å². The van der Waals surface area contributed by atoms with Gasteiger partial charge in [0.15, 0.2) is 0 Å². The van der Waals surface area contributed by atoms with Crippen LogP contribution in [0.3, 0.4) is 0 Å². The Kier molecular flexibility index (Phi) is 5.79. The first-order chi connectivity index (χ1) is 10.0. The maximum Gasteiger partial charge on any atom is 0.240 e. The second-order valence-corrected chi connectivity index (χ2v) is 7.64. The second kappa shape index (κ2) is 7.38. The molecule has 0 radical (unpaired) electrons. The van der Waals surface area contributed by atoms with E-state index < -0.39 is 10.0 Å². The number of sulfonamides is 1. The molecule has 1 aromatic carbocycles. The first kappa shape index (κ1) is 16.5. The van der Waals surface area contributed by atoms with Crippen molar-refractivity contribution in [2.45, 2.75) is 57.0 Å². The highest BCUT2D eigenvalue weighted by Gasteiger charge is 2.27. The molecule has 0 amide bonds. The molecule has 1 aromatic rings. The molecule has 0 saturated heterocycles. The zero-order chi connectivity index (χ0) is 15.3. The molecule has 0 aromatic heterocycles. The van der Waals surface area contributed by atoms with Crippen LogP contribution in [0.4, 0.5) is 0 Å². The average Bonchev–Trinajstić information content (AvgIpc) is 2.37. The third-order valence-corrected chi connectivity index (χ3v) is 5.76. The van der Waals surface area contributed by atoms with Crippen molar-refractivity contribution in [1.29, 1.82) is 0 Å². The van der Waals surface area contributed by atoms with Gasteiger partial charge in [0.1, 0.15) is 0 Å². The maximum absolute atomic E-state index is 12.3. The lowest BCUT2D eigenvalue weighted by atomic mass is 9.81. The van der Waals surface area contributed by atoms with Gasteiger partial charge in [-0.1, -0.05) is 25.5 Å². The van der Waals surface area contributed by atoms with Gasteiger partial charge in [-0.05, 0) is 56.3 Å². The highest BCUT2D eigenvalue weighted by molar-refractivity contribution is 7.89. The molecule has 0 bridgehead atoms. The zero-order valence-corrected chi connectivity index (χ0v) is 13.7. The van der Waals surface area contributed by atoms with Crippen molar-refractivity contribution in [3.8, 4) is 0 Å². The van der Waals surface area contributed by atoms with E-state index in [-0.39, 0.29) is 6.04 Å². The van der Waals surface area contributed by atoms with E-state index in [1.54, 1.807) is 12.1 Å². The van der Waals surface area contributed by atoms with Crippen molar-refractivity contribution in [2.75, 3.05) is 6.54 Å². The van der Waals surface area contributed by atoms with Gasteiger partial charge in [0.25, 0.3) is 0 Å². The molecule has 5 heteroatoms. The van der Waals surface area contributed by atoms with Crippen LogP contribution in [0.1, 0.15) is 45.1 Å². The van der Waals surface area contributed by atoms with Gasteiger partial charge in [0.05, 0.1) is 4.90 Å². The first-order valence-corrected chi connectivity index (χ1v) is 9.33. The Morgan fingerprint density at radius 1 is 1.24 bits per heavy atom. The van der Waals surface area contributed by atoms with Crippen LogP contribution < -0.4 is 10.0 Å². The minimum atomic E-state index is -3.39. The average molecular weight is 310 g/mol. The smallest absolute Gasteiger partial charge is 0.240 e. The van der Waals surface area contributed by atoms with Gasteiger partial charge in [0.2, 0.25) is 10.0 Å². The van der Waals surface area contributed by atoms with Gasteiger partial charge in [-0.25, -0.2) is 13.1 Å². The fourth-order valence-electron chi connectivity index (χ4n) is 2.54. The van der Waals surface area contributed by atoms with E-state index in [1.807, 2.05) is 19.1 Å². The summed E-state index contributed by atoms with van der Waals surface area (Å²) >= 11 is 0. The lowest BCUT2D eigenvalue weighted by Crippen LogP contribution is -2.40.